The Hall–Kier alpha value is -3.25. The number of piperazine rings is 1. The van der Waals surface area contributed by atoms with E-state index in [4.69, 9.17) is 0 Å². The van der Waals surface area contributed by atoms with E-state index in [0.717, 1.165) is 43.1 Å². The second-order valence-electron chi connectivity index (χ2n) is 7.31. The van der Waals surface area contributed by atoms with Gasteiger partial charge in [0.25, 0.3) is 0 Å². The molecule has 0 saturated carbocycles. The Balaban J connectivity index is 1.50. The van der Waals surface area contributed by atoms with E-state index in [0.29, 0.717) is 5.82 Å². The molecule has 1 aromatic heterocycles. The van der Waals surface area contributed by atoms with Crippen LogP contribution in [0.1, 0.15) is 17.0 Å². The average molecular weight is 387 g/mol. The van der Waals surface area contributed by atoms with Gasteiger partial charge in [0, 0.05) is 26.2 Å². The lowest BCUT2D eigenvalue weighted by Crippen LogP contribution is -2.44. The second kappa shape index (κ2) is 8.84. The largest absolute Gasteiger partial charge is 0.353 e. The summed E-state index contributed by atoms with van der Waals surface area (Å²) >= 11 is 0. The summed E-state index contributed by atoms with van der Waals surface area (Å²) in [5.74, 6) is 0.782. The van der Waals surface area contributed by atoms with Gasteiger partial charge in [0.2, 0.25) is 5.91 Å². The van der Waals surface area contributed by atoms with E-state index in [-0.39, 0.29) is 5.91 Å². The molecule has 1 aliphatic heterocycles. The van der Waals surface area contributed by atoms with Crippen LogP contribution in [0.15, 0.2) is 72.8 Å². The topological polar surface area (TPSA) is 61.4 Å². The highest BCUT2D eigenvalue weighted by Gasteiger charge is 2.23. The van der Waals surface area contributed by atoms with E-state index in [1.807, 2.05) is 72.8 Å². The first-order chi connectivity index (χ1) is 14.2. The first-order valence-corrected chi connectivity index (χ1v) is 9.89. The second-order valence-corrected chi connectivity index (χ2v) is 7.31. The Kier molecular flexibility index (Phi) is 5.81. The number of hydrogen-bond donors (Lipinski definition) is 1. The first-order valence-electron chi connectivity index (χ1n) is 9.89. The van der Waals surface area contributed by atoms with Gasteiger partial charge in [-0.3, -0.25) is 4.79 Å². The van der Waals surface area contributed by atoms with E-state index in [9.17, 15) is 4.79 Å². The quantitative estimate of drug-likeness (QED) is 0.729. The molecule has 1 amide bonds. The van der Waals surface area contributed by atoms with Gasteiger partial charge in [-0.05, 0) is 30.3 Å². The van der Waals surface area contributed by atoms with E-state index < -0.39 is 5.92 Å². The van der Waals surface area contributed by atoms with Gasteiger partial charge in [0.1, 0.15) is 0 Å². The maximum absolute atomic E-state index is 13.1. The molecule has 1 N–H and O–H groups in total. The number of carbonyl (C=O) groups excluding carboxylic acids is 1. The fourth-order valence-corrected chi connectivity index (χ4v) is 3.58. The minimum Gasteiger partial charge on any atom is -0.353 e. The molecule has 1 aliphatic rings. The summed E-state index contributed by atoms with van der Waals surface area (Å²) in [5, 5.41) is 11.5. The molecule has 0 atom stereocenters. The molecule has 1 fully saturated rings. The molecule has 29 heavy (non-hydrogen) atoms. The van der Waals surface area contributed by atoms with Gasteiger partial charge in [-0.25, -0.2) is 0 Å². The minimum absolute atomic E-state index is 0.121. The number of nitrogens with zero attached hydrogens (tertiary/aromatic N) is 4. The Morgan fingerprint density at radius 3 is 1.93 bits per heavy atom. The van der Waals surface area contributed by atoms with Gasteiger partial charge in [0.05, 0.1) is 5.92 Å². The molecule has 6 nitrogen and oxygen atoms in total. The molecule has 0 spiro atoms. The Labute approximate surface area is 171 Å². The van der Waals surface area contributed by atoms with Crippen molar-refractivity contribution in [1.29, 1.82) is 0 Å². The van der Waals surface area contributed by atoms with Crippen molar-refractivity contribution in [1.82, 2.24) is 15.1 Å². The van der Waals surface area contributed by atoms with Crippen molar-refractivity contribution >= 4 is 17.5 Å². The molecule has 0 aliphatic carbocycles. The van der Waals surface area contributed by atoms with Gasteiger partial charge < -0.3 is 15.1 Å². The van der Waals surface area contributed by atoms with Gasteiger partial charge in [-0.1, -0.05) is 60.7 Å². The number of carbonyl (C=O) groups is 1. The number of amides is 1. The number of benzene rings is 2. The van der Waals surface area contributed by atoms with Gasteiger partial charge in [-0.2, -0.15) is 0 Å². The summed E-state index contributed by atoms with van der Waals surface area (Å²) < 4.78 is 0. The van der Waals surface area contributed by atoms with Crippen LogP contribution in [0, 0.1) is 0 Å². The van der Waals surface area contributed by atoms with E-state index >= 15 is 0 Å². The lowest BCUT2D eigenvalue weighted by Gasteiger charge is -2.32. The van der Waals surface area contributed by atoms with Crippen molar-refractivity contribution in [2.24, 2.45) is 0 Å². The summed E-state index contributed by atoms with van der Waals surface area (Å²) in [5.41, 5.74) is 1.89. The SMILES string of the molecule is CN1CCN(c2ccc(NC(=O)C(c3ccccc3)c3ccccc3)nn2)CC1. The van der Waals surface area contributed by atoms with Crippen molar-refractivity contribution in [3.63, 3.8) is 0 Å². The number of likely N-dealkylation sites (N-methyl/N-ethyl adjacent to an activating group) is 1. The lowest BCUT2D eigenvalue weighted by molar-refractivity contribution is -0.116. The molecule has 0 bridgehead atoms. The van der Waals surface area contributed by atoms with Crippen molar-refractivity contribution < 1.29 is 4.79 Å². The van der Waals surface area contributed by atoms with Crippen LogP contribution in [0.2, 0.25) is 0 Å². The summed E-state index contributed by atoms with van der Waals surface area (Å²) in [7, 11) is 2.12. The lowest BCUT2D eigenvalue weighted by atomic mass is 9.90. The fraction of sp³-hybridized carbons (Fsp3) is 0.261. The molecule has 6 heteroatoms. The third kappa shape index (κ3) is 4.60. The van der Waals surface area contributed by atoms with E-state index in [2.05, 4.69) is 32.4 Å². The molecular formula is C23H25N5O. The van der Waals surface area contributed by atoms with Crippen LogP contribution in [0.3, 0.4) is 0 Å². The molecule has 1 saturated heterocycles. The summed E-state index contributed by atoms with van der Waals surface area (Å²) in [4.78, 5) is 17.7. The minimum atomic E-state index is -0.406. The Bertz CT molecular complexity index is 883. The monoisotopic (exact) mass is 387 g/mol. The summed E-state index contributed by atoms with van der Waals surface area (Å²) in [6, 6.07) is 23.3. The maximum atomic E-state index is 13.1. The van der Waals surface area contributed by atoms with E-state index in [1.54, 1.807) is 0 Å². The number of anilines is 2. The molecule has 3 aromatic rings. The normalized spacial score (nSPS) is 14.8. The predicted octanol–water partition coefficient (Wildman–Crippen LogP) is 3.00. The first kappa shape index (κ1) is 19.1. The van der Waals surface area contributed by atoms with Crippen molar-refractivity contribution in [3.05, 3.63) is 83.9 Å². The smallest absolute Gasteiger partial charge is 0.237 e. The molecule has 2 heterocycles. The number of aromatic nitrogens is 2. The molecule has 148 valence electrons. The summed E-state index contributed by atoms with van der Waals surface area (Å²) in [6.07, 6.45) is 0. The third-order valence-electron chi connectivity index (χ3n) is 5.26. The van der Waals surface area contributed by atoms with Gasteiger partial charge in [-0.15, -0.1) is 10.2 Å². The van der Waals surface area contributed by atoms with E-state index in [1.165, 1.54) is 0 Å². The zero-order valence-corrected chi connectivity index (χ0v) is 16.5. The van der Waals surface area contributed by atoms with Gasteiger partial charge in [0.15, 0.2) is 11.6 Å². The highest BCUT2D eigenvalue weighted by molar-refractivity contribution is 5.97. The Morgan fingerprint density at radius 2 is 1.41 bits per heavy atom. The van der Waals surface area contributed by atoms with Crippen LogP contribution in [-0.4, -0.2) is 54.2 Å². The zero-order chi connectivity index (χ0) is 20.1. The van der Waals surface area contributed by atoms with Crippen LogP contribution >= 0.6 is 0 Å². The van der Waals surface area contributed by atoms with Crippen LogP contribution < -0.4 is 10.2 Å². The predicted molar refractivity (Wildman–Crippen MR) is 115 cm³/mol. The number of hydrogen-bond acceptors (Lipinski definition) is 5. The van der Waals surface area contributed by atoms with Crippen molar-refractivity contribution in [2.75, 3.05) is 43.4 Å². The van der Waals surface area contributed by atoms with Crippen LogP contribution in [0.5, 0.6) is 0 Å². The third-order valence-corrected chi connectivity index (χ3v) is 5.26. The number of nitrogens with one attached hydrogen (secondary N) is 1. The highest BCUT2D eigenvalue weighted by atomic mass is 16.2. The zero-order valence-electron chi connectivity index (χ0n) is 16.5. The fourth-order valence-electron chi connectivity index (χ4n) is 3.58. The maximum Gasteiger partial charge on any atom is 0.237 e. The Morgan fingerprint density at radius 1 is 0.828 bits per heavy atom. The van der Waals surface area contributed by atoms with Crippen LogP contribution in [0.25, 0.3) is 0 Å². The highest BCUT2D eigenvalue weighted by Crippen LogP contribution is 2.26. The molecule has 4 rings (SSSR count). The summed E-state index contributed by atoms with van der Waals surface area (Å²) in [6.45, 7) is 3.88. The van der Waals surface area contributed by atoms with Crippen molar-refractivity contribution in [2.45, 2.75) is 5.92 Å². The average Bonchev–Trinajstić information content (AvgIpc) is 2.77. The van der Waals surface area contributed by atoms with Crippen LogP contribution in [0.4, 0.5) is 11.6 Å². The molecule has 0 unspecified atom stereocenters. The number of rotatable bonds is 5. The van der Waals surface area contributed by atoms with Crippen LogP contribution in [-0.2, 0) is 4.79 Å². The van der Waals surface area contributed by atoms with Gasteiger partial charge >= 0.3 is 0 Å². The molecule has 2 aromatic carbocycles. The van der Waals surface area contributed by atoms with Crippen molar-refractivity contribution in [3.8, 4) is 0 Å². The molecular weight excluding hydrogens is 362 g/mol. The standard InChI is InChI=1S/C23H25N5O/c1-27-14-16-28(17-15-27)21-13-12-20(25-26-21)24-23(29)22(18-8-4-2-5-9-18)19-10-6-3-7-11-19/h2-13,22H,14-17H2,1H3,(H,24,25,29). The molecule has 0 radical (unpaired) electrons.